The number of hydrogen-bond donors (Lipinski definition) is 0. The fourth-order valence-corrected chi connectivity index (χ4v) is 3.36. The van der Waals surface area contributed by atoms with Crippen LogP contribution in [0.15, 0.2) is 42.7 Å². The van der Waals surface area contributed by atoms with Gasteiger partial charge in [0.1, 0.15) is 0 Å². The van der Waals surface area contributed by atoms with Crippen molar-refractivity contribution in [3.05, 3.63) is 51.9 Å². The number of thiazole rings is 1. The first-order valence-corrected chi connectivity index (χ1v) is 8.90. The van der Waals surface area contributed by atoms with Crippen LogP contribution in [-0.4, -0.2) is 30.6 Å². The third-order valence-electron chi connectivity index (χ3n) is 3.69. The van der Waals surface area contributed by atoms with Crippen LogP contribution in [0.5, 0.6) is 5.88 Å². The van der Waals surface area contributed by atoms with E-state index in [0.717, 1.165) is 28.2 Å². The molecule has 7 nitrogen and oxygen atoms in total. The van der Waals surface area contributed by atoms with Gasteiger partial charge in [-0.15, -0.1) is 11.3 Å². The number of esters is 2. The average molecular weight is 384 g/mol. The van der Waals surface area contributed by atoms with Gasteiger partial charge in [0.05, 0.1) is 13.7 Å². The van der Waals surface area contributed by atoms with Crippen LogP contribution in [-0.2, 0) is 19.1 Å². The van der Waals surface area contributed by atoms with Crippen LogP contribution in [0.3, 0.4) is 0 Å². The number of nitrogens with zero attached hydrogens (tertiary/aromatic N) is 2. The number of aromatic nitrogens is 2. The lowest BCUT2D eigenvalue weighted by Gasteiger charge is -2.02. The summed E-state index contributed by atoms with van der Waals surface area (Å²) in [6.07, 6.45) is 4.51. The van der Waals surface area contributed by atoms with E-state index in [1.165, 1.54) is 7.11 Å². The summed E-state index contributed by atoms with van der Waals surface area (Å²) in [7, 11) is 1.21. The minimum atomic E-state index is -0.668. The van der Waals surface area contributed by atoms with Crippen molar-refractivity contribution in [3.8, 4) is 5.88 Å². The highest BCUT2D eigenvalue weighted by atomic mass is 32.1. The van der Waals surface area contributed by atoms with Gasteiger partial charge < -0.3 is 14.6 Å². The summed E-state index contributed by atoms with van der Waals surface area (Å²) in [6.45, 7) is 1.87. The summed E-state index contributed by atoms with van der Waals surface area (Å²) >= 11 is 0.927. The van der Waals surface area contributed by atoms with Crippen molar-refractivity contribution < 1.29 is 28.7 Å². The predicted octanol–water partition coefficient (Wildman–Crippen LogP) is -0.169. The first kappa shape index (κ1) is 18.5. The van der Waals surface area contributed by atoms with Crippen LogP contribution >= 0.6 is 11.3 Å². The first-order chi connectivity index (χ1) is 13.0. The van der Waals surface area contributed by atoms with Gasteiger partial charge in [0.2, 0.25) is 0 Å². The molecule has 0 N–H and O–H groups in total. The lowest BCUT2D eigenvalue weighted by atomic mass is 10.2. The zero-order valence-corrected chi connectivity index (χ0v) is 15.5. The Morgan fingerprint density at radius 2 is 2.00 bits per heavy atom. The number of fused-ring (bicyclic) bond motifs is 1. The van der Waals surface area contributed by atoms with Crippen molar-refractivity contribution in [1.82, 2.24) is 4.98 Å². The molecule has 0 fully saturated rings. The summed E-state index contributed by atoms with van der Waals surface area (Å²) < 4.78 is 11.5. The second-order valence-electron chi connectivity index (χ2n) is 5.41. The van der Waals surface area contributed by atoms with Crippen molar-refractivity contribution in [1.29, 1.82) is 0 Å². The Hall–Kier alpha value is -3.26. The maximum atomic E-state index is 12.6. The molecule has 0 aliphatic carbocycles. The van der Waals surface area contributed by atoms with Crippen LogP contribution in [0, 0.1) is 0 Å². The summed E-state index contributed by atoms with van der Waals surface area (Å²) in [6, 6.07) is 9.52. The minimum absolute atomic E-state index is 0.0834. The number of ether oxygens (including phenoxy) is 2. The van der Waals surface area contributed by atoms with Gasteiger partial charge in [-0.1, -0.05) is 18.2 Å². The molecule has 0 aliphatic rings. The molecule has 3 rings (SSSR count). The third kappa shape index (κ3) is 3.95. The minimum Gasteiger partial charge on any atom is -0.858 e. The van der Waals surface area contributed by atoms with E-state index >= 15 is 0 Å². The number of rotatable bonds is 4. The second kappa shape index (κ2) is 7.96. The smallest absolute Gasteiger partial charge is 0.407 e. The maximum Gasteiger partial charge on any atom is 0.407 e. The van der Waals surface area contributed by atoms with E-state index in [-0.39, 0.29) is 21.5 Å². The fourth-order valence-electron chi connectivity index (χ4n) is 2.45. The monoisotopic (exact) mass is 384 g/mol. The molecule has 0 radical (unpaired) electrons. The molecule has 138 valence electrons. The molecule has 0 saturated carbocycles. The lowest BCUT2D eigenvalue weighted by Crippen LogP contribution is -2.41. The fraction of sp³-hybridized carbons (Fsp3) is 0.158. The van der Waals surface area contributed by atoms with E-state index in [1.54, 1.807) is 23.9 Å². The topological polar surface area (TPSA) is 92.4 Å². The van der Waals surface area contributed by atoms with Gasteiger partial charge in [-0.3, -0.25) is 0 Å². The first-order valence-electron chi connectivity index (χ1n) is 8.09. The van der Waals surface area contributed by atoms with Gasteiger partial charge >= 0.3 is 17.6 Å². The van der Waals surface area contributed by atoms with Crippen molar-refractivity contribution in [2.45, 2.75) is 6.92 Å². The molecule has 1 aromatic carbocycles. The van der Waals surface area contributed by atoms with Crippen molar-refractivity contribution in [2.24, 2.45) is 0 Å². The number of pyridine rings is 1. The molecule has 0 amide bonds. The lowest BCUT2D eigenvalue weighted by molar-refractivity contribution is -0.577. The molecule has 2 aromatic heterocycles. The number of hydrogen-bond acceptors (Lipinski definition) is 7. The van der Waals surface area contributed by atoms with Crippen molar-refractivity contribution >= 4 is 45.8 Å². The SMILES string of the molecule is CCOC(=O)/C(=c1\nc([O-])/c(=C/C(=O)OC)s1)[n+]1ccc2ccccc2c1. The van der Waals surface area contributed by atoms with Crippen LogP contribution in [0.25, 0.3) is 22.5 Å². The van der Waals surface area contributed by atoms with E-state index in [0.29, 0.717) is 0 Å². The summed E-state index contributed by atoms with van der Waals surface area (Å²) in [5.41, 5.74) is 0.106. The Kier molecular flexibility index (Phi) is 5.46. The molecule has 0 aliphatic heterocycles. The van der Waals surface area contributed by atoms with E-state index in [2.05, 4.69) is 9.72 Å². The largest absolute Gasteiger partial charge is 0.858 e. The quantitative estimate of drug-likeness (QED) is 0.458. The summed E-state index contributed by atoms with van der Waals surface area (Å²) in [5, 5.41) is 14.0. The third-order valence-corrected chi connectivity index (χ3v) is 4.68. The molecule has 0 saturated heterocycles. The summed E-state index contributed by atoms with van der Waals surface area (Å²) in [5.74, 6) is -1.89. The van der Waals surface area contributed by atoms with Gasteiger partial charge in [-0.25, -0.2) is 14.6 Å². The highest BCUT2D eigenvalue weighted by Crippen LogP contribution is 2.11. The van der Waals surface area contributed by atoms with E-state index in [4.69, 9.17) is 4.74 Å². The van der Waals surface area contributed by atoms with E-state index in [1.807, 2.05) is 30.3 Å². The Labute approximate surface area is 158 Å². The highest BCUT2D eigenvalue weighted by molar-refractivity contribution is 7.08. The van der Waals surface area contributed by atoms with Gasteiger partial charge in [-0.2, -0.15) is 4.57 Å². The molecule has 0 spiro atoms. The number of methoxy groups -OCH3 is 1. The van der Waals surface area contributed by atoms with E-state index < -0.39 is 17.8 Å². The summed E-state index contributed by atoms with van der Waals surface area (Å²) in [4.78, 5) is 27.9. The zero-order chi connectivity index (χ0) is 19.4. The molecule has 27 heavy (non-hydrogen) atoms. The Morgan fingerprint density at radius 3 is 2.70 bits per heavy atom. The average Bonchev–Trinajstić information content (AvgIpc) is 3.01. The van der Waals surface area contributed by atoms with Gasteiger partial charge in [0.15, 0.2) is 17.1 Å². The molecule has 0 atom stereocenters. The second-order valence-corrected chi connectivity index (χ2v) is 6.44. The van der Waals surface area contributed by atoms with Gasteiger partial charge in [0.25, 0.3) is 0 Å². The molecular formula is C19H16N2O5S. The Morgan fingerprint density at radius 1 is 1.26 bits per heavy atom. The number of carbonyl (C=O) groups excluding carboxylic acids is 2. The number of benzene rings is 1. The van der Waals surface area contributed by atoms with E-state index in [9.17, 15) is 14.7 Å². The van der Waals surface area contributed by atoms with Crippen LogP contribution in [0.4, 0.5) is 0 Å². The maximum absolute atomic E-state index is 12.6. The van der Waals surface area contributed by atoms with Crippen LogP contribution in [0.2, 0.25) is 0 Å². The molecule has 0 bridgehead atoms. The Balaban J connectivity index is 2.26. The Bertz CT molecular complexity index is 1140. The number of carbonyl (C=O) groups is 2. The van der Waals surface area contributed by atoms with Gasteiger partial charge in [-0.05, 0) is 18.4 Å². The molecule has 8 heteroatoms. The van der Waals surface area contributed by atoms with Crippen molar-refractivity contribution in [3.63, 3.8) is 0 Å². The zero-order valence-electron chi connectivity index (χ0n) is 14.7. The standard InChI is InChI=1S/C19H16N2O5S/c1-3-26-19(24)16(18-20-17(23)14(27-18)10-15(22)25-2)21-9-8-12-6-4-5-7-13(12)11-21/h4-11H,3H2,1-2H3/b14-10-. The van der Waals surface area contributed by atoms with Crippen LogP contribution < -0.4 is 18.9 Å². The van der Waals surface area contributed by atoms with Crippen LogP contribution in [0.1, 0.15) is 6.92 Å². The molecule has 0 unspecified atom stereocenters. The highest BCUT2D eigenvalue weighted by Gasteiger charge is 2.25. The molecular weight excluding hydrogens is 368 g/mol. The van der Waals surface area contributed by atoms with Crippen molar-refractivity contribution in [2.75, 3.05) is 13.7 Å². The van der Waals surface area contributed by atoms with Gasteiger partial charge in [0, 0.05) is 27.9 Å². The molecule has 3 aromatic rings. The predicted molar refractivity (Wildman–Crippen MR) is 96.9 cm³/mol. The molecule has 2 heterocycles. The normalized spacial score (nSPS) is 12.7.